The maximum Gasteiger partial charge on any atom is 0.225 e. The molecular formula is C12H16BrClN2O. The minimum atomic E-state index is -0.0267. The quantitative estimate of drug-likeness (QED) is 0.873. The van der Waals surface area contributed by atoms with Crippen molar-refractivity contribution in [1.82, 2.24) is 5.32 Å². The van der Waals surface area contributed by atoms with E-state index in [4.69, 9.17) is 11.6 Å². The third-order valence-corrected chi connectivity index (χ3v) is 3.53. The van der Waals surface area contributed by atoms with Crippen molar-refractivity contribution in [3.63, 3.8) is 0 Å². The molecule has 0 saturated heterocycles. The zero-order chi connectivity index (χ0) is 12.8. The number of carbonyl (C=O) groups is 1. The Morgan fingerprint density at radius 2 is 2.18 bits per heavy atom. The highest BCUT2D eigenvalue weighted by Crippen LogP contribution is 2.29. The summed E-state index contributed by atoms with van der Waals surface area (Å²) in [6.07, 6.45) is 0.442. The van der Waals surface area contributed by atoms with E-state index in [0.717, 1.165) is 0 Å². The summed E-state index contributed by atoms with van der Waals surface area (Å²) in [7, 11) is 0. The molecule has 0 fully saturated rings. The lowest BCUT2D eigenvalue weighted by Gasteiger charge is -2.10. The maximum atomic E-state index is 11.6. The molecule has 0 unspecified atom stereocenters. The molecule has 1 amide bonds. The third-order valence-electron chi connectivity index (χ3n) is 2.13. The van der Waals surface area contributed by atoms with Crippen LogP contribution < -0.4 is 10.6 Å². The second-order valence-electron chi connectivity index (χ2n) is 4.01. The van der Waals surface area contributed by atoms with Crippen molar-refractivity contribution in [2.24, 2.45) is 0 Å². The van der Waals surface area contributed by atoms with Crippen LogP contribution in [0.4, 0.5) is 5.69 Å². The van der Waals surface area contributed by atoms with Crippen LogP contribution in [0, 0.1) is 0 Å². The van der Waals surface area contributed by atoms with Crippen LogP contribution in [0.2, 0.25) is 5.02 Å². The van der Waals surface area contributed by atoms with E-state index in [1.54, 1.807) is 12.1 Å². The second-order valence-corrected chi connectivity index (χ2v) is 5.21. The SMILES string of the molecule is CC(C)NCCC(=O)Nc1cccc(Cl)c1Br. The first-order chi connectivity index (χ1) is 8.00. The predicted molar refractivity (Wildman–Crippen MR) is 75.5 cm³/mol. The molecule has 2 N–H and O–H groups in total. The average molecular weight is 320 g/mol. The Morgan fingerprint density at radius 1 is 1.47 bits per heavy atom. The smallest absolute Gasteiger partial charge is 0.225 e. The van der Waals surface area contributed by atoms with E-state index in [1.807, 2.05) is 19.9 Å². The molecule has 0 atom stereocenters. The summed E-state index contributed by atoms with van der Waals surface area (Å²) in [5.41, 5.74) is 0.701. The molecule has 3 nitrogen and oxygen atoms in total. The molecule has 0 aliphatic heterocycles. The lowest BCUT2D eigenvalue weighted by Crippen LogP contribution is -2.27. The molecule has 1 aromatic carbocycles. The molecule has 0 radical (unpaired) electrons. The first-order valence-electron chi connectivity index (χ1n) is 5.48. The zero-order valence-corrected chi connectivity index (χ0v) is 12.2. The lowest BCUT2D eigenvalue weighted by molar-refractivity contribution is -0.116. The fourth-order valence-corrected chi connectivity index (χ4v) is 1.83. The van der Waals surface area contributed by atoms with Crippen LogP contribution in [0.15, 0.2) is 22.7 Å². The summed E-state index contributed by atoms with van der Waals surface area (Å²) < 4.78 is 0.715. The van der Waals surface area contributed by atoms with E-state index in [2.05, 4.69) is 26.6 Å². The van der Waals surface area contributed by atoms with Gasteiger partial charge in [-0.15, -0.1) is 0 Å². The molecule has 0 spiro atoms. The summed E-state index contributed by atoms with van der Waals surface area (Å²) in [4.78, 5) is 11.6. The van der Waals surface area contributed by atoms with Gasteiger partial charge in [-0.2, -0.15) is 0 Å². The Morgan fingerprint density at radius 3 is 2.82 bits per heavy atom. The lowest BCUT2D eigenvalue weighted by atomic mass is 10.3. The van der Waals surface area contributed by atoms with E-state index < -0.39 is 0 Å². The van der Waals surface area contributed by atoms with Gasteiger partial charge in [0.25, 0.3) is 0 Å². The van der Waals surface area contributed by atoms with Gasteiger partial charge in [-0.05, 0) is 28.1 Å². The average Bonchev–Trinajstić information content (AvgIpc) is 2.24. The van der Waals surface area contributed by atoms with Crippen LogP contribution >= 0.6 is 27.5 Å². The van der Waals surface area contributed by atoms with Crippen molar-refractivity contribution in [3.8, 4) is 0 Å². The molecule has 0 bridgehead atoms. The topological polar surface area (TPSA) is 41.1 Å². The molecule has 0 aliphatic rings. The Bertz CT molecular complexity index is 396. The van der Waals surface area contributed by atoms with Crippen LogP contribution in [-0.4, -0.2) is 18.5 Å². The fourth-order valence-electron chi connectivity index (χ4n) is 1.29. The highest BCUT2D eigenvalue weighted by Gasteiger charge is 2.07. The van der Waals surface area contributed by atoms with Gasteiger partial charge in [-0.1, -0.05) is 31.5 Å². The number of rotatable bonds is 5. The second kappa shape index (κ2) is 6.99. The van der Waals surface area contributed by atoms with Crippen molar-refractivity contribution in [1.29, 1.82) is 0 Å². The maximum absolute atomic E-state index is 11.6. The Balaban J connectivity index is 2.48. The van der Waals surface area contributed by atoms with Gasteiger partial charge in [0, 0.05) is 19.0 Å². The first kappa shape index (κ1) is 14.5. The number of nitrogens with one attached hydrogen (secondary N) is 2. The van der Waals surface area contributed by atoms with Crippen molar-refractivity contribution in [2.45, 2.75) is 26.3 Å². The van der Waals surface area contributed by atoms with Crippen LogP contribution in [-0.2, 0) is 4.79 Å². The van der Waals surface area contributed by atoms with E-state index in [1.165, 1.54) is 0 Å². The van der Waals surface area contributed by atoms with E-state index in [9.17, 15) is 4.79 Å². The van der Waals surface area contributed by atoms with Gasteiger partial charge in [-0.25, -0.2) is 0 Å². The van der Waals surface area contributed by atoms with Gasteiger partial charge in [0.1, 0.15) is 0 Å². The Labute approximate surface area is 115 Å². The highest BCUT2D eigenvalue weighted by atomic mass is 79.9. The first-order valence-corrected chi connectivity index (χ1v) is 6.65. The van der Waals surface area contributed by atoms with Crippen molar-refractivity contribution in [2.75, 3.05) is 11.9 Å². The number of carbonyl (C=O) groups excluding carboxylic acids is 1. The van der Waals surface area contributed by atoms with Crippen molar-refractivity contribution >= 4 is 39.1 Å². The number of amides is 1. The number of benzene rings is 1. The van der Waals surface area contributed by atoms with Gasteiger partial charge in [0.15, 0.2) is 0 Å². The third kappa shape index (κ3) is 5.06. The van der Waals surface area contributed by atoms with E-state index >= 15 is 0 Å². The Kier molecular flexibility index (Phi) is 5.95. The monoisotopic (exact) mass is 318 g/mol. The largest absolute Gasteiger partial charge is 0.325 e. The molecule has 0 saturated carbocycles. The van der Waals surface area contributed by atoms with Gasteiger partial charge in [0.05, 0.1) is 15.2 Å². The molecule has 94 valence electrons. The van der Waals surface area contributed by atoms with Crippen molar-refractivity contribution < 1.29 is 4.79 Å². The van der Waals surface area contributed by atoms with Crippen LogP contribution in [0.3, 0.4) is 0 Å². The summed E-state index contributed by atoms with van der Waals surface area (Å²) >= 11 is 9.27. The summed E-state index contributed by atoms with van der Waals surface area (Å²) in [6, 6.07) is 5.76. The molecule has 0 heterocycles. The van der Waals surface area contributed by atoms with E-state index in [-0.39, 0.29) is 5.91 Å². The minimum absolute atomic E-state index is 0.0267. The van der Waals surface area contributed by atoms with Gasteiger partial charge in [-0.3, -0.25) is 4.79 Å². The van der Waals surface area contributed by atoms with Crippen LogP contribution in [0.5, 0.6) is 0 Å². The molecule has 1 rings (SSSR count). The van der Waals surface area contributed by atoms with Crippen molar-refractivity contribution in [3.05, 3.63) is 27.7 Å². The fraction of sp³-hybridized carbons (Fsp3) is 0.417. The summed E-state index contributed by atoms with van der Waals surface area (Å²) in [5, 5.41) is 6.59. The van der Waals surface area contributed by atoms with E-state index in [0.29, 0.717) is 34.2 Å². The van der Waals surface area contributed by atoms with Gasteiger partial charge >= 0.3 is 0 Å². The molecule has 17 heavy (non-hydrogen) atoms. The Hall–Kier alpha value is -0.580. The van der Waals surface area contributed by atoms with Crippen LogP contribution in [0.25, 0.3) is 0 Å². The number of halogens is 2. The van der Waals surface area contributed by atoms with Crippen LogP contribution in [0.1, 0.15) is 20.3 Å². The molecule has 1 aromatic rings. The molecule has 5 heteroatoms. The summed E-state index contributed by atoms with van der Waals surface area (Å²) in [6.45, 7) is 4.76. The zero-order valence-electron chi connectivity index (χ0n) is 9.89. The molecule has 0 aromatic heterocycles. The normalized spacial score (nSPS) is 10.6. The predicted octanol–water partition coefficient (Wildman–Crippen LogP) is 3.43. The highest BCUT2D eigenvalue weighted by molar-refractivity contribution is 9.10. The number of anilines is 1. The summed E-state index contributed by atoms with van der Waals surface area (Å²) in [5.74, 6) is -0.0267. The molecule has 0 aliphatic carbocycles. The van der Waals surface area contributed by atoms with Gasteiger partial charge in [0.2, 0.25) is 5.91 Å². The minimum Gasteiger partial charge on any atom is -0.325 e. The van der Waals surface area contributed by atoms with Gasteiger partial charge < -0.3 is 10.6 Å². The standard InChI is InChI=1S/C12H16BrClN2O/c1-8(2)15-7-6-11(17)16-10-5-3-4-9(14)12(10)13/h3-5,8,15H,6-7H2,1-2H3,(H,16,17). The molecular weight excluding hydrogens is 304 g/mol. The number of hydrogen-bond donors (Lipinski definition) is 2. The number of hydrogen-bond acceptors (Lipinski definition) is 2.